The van der Waals surface area contributed by atoms with Crippen LogP contribution in [0.1, 0.15) is 13.3 Å². The lowest BCUT2D eigenvalue weighted by Crippen LogP contribution is -2.34. The van der Waals surface area contributed by atoms with Gasteiger partial charge in [-0.05, 0) is 27.1 Å². The molecule has 0 heterocycles. The lowest BCUT2D eigenvalue weighted by molar-refractivity contribution is -0.147. The van der Waals surface area contributed by atoms with E-state index in [2.05, 4.69) is 13.2 Å². The number of hydrogen-bond acceptors (Lipinski definition) is 5. The second-order valence-electron chi connectivity index (χ2n) is 4.99. The molecule has 0 unspecified atom stereocenters. The van der Waals surface area contributed by atoms with Crippen LogP contribution in [0.5, 0.6) is 0 Å². The van der Waals surface area contributed by atoms with E-state index in [4.69, 9.17) is 9.47 Å². The fourth-order valence-corrected chi connectivity index (χ4v) is 1.29. The van der Waals surface area contributed by atoms with E-state index in [1.54, 1.807) is 0 Å². The second-order valence-corrected chi connectivity index (χ2v) is 4.99. The normalized spacial score (nSPS) is 10.9. The van der Waals surface area contributed by atoms with Gasteiger partial charge in [0.25, 0.3) is 0 Å². The third kappa shape index (κ3) is 8.15. The minimum atomic E-state index is -0.480. The molecule has 0 aromatic carbocycles. The second kappa shape index (κ2) is 8.48. The fraction of sp³-hybridized carbons (Fsp3) is 0.571. The summed E-state index contributed by atoms with van der Waals surface area (Å²) in [5, 5.41) is 0. The quantitative estimate of drug-likeness (QED) is 0.468. The van der Waals surface area contributed by atoms with Crippen LogP contribution in [0.2, 0.25) is 0 Å². The van der Waals surface area contributed by atoms with Crippen LogP contribution in [0, 0.1) is 5.41 Å². The molecular formula is C14H23NO4. The third-order valence-electron chi connectivity index (χ3n) is 2.62. The van der Waals surface area contributed by atoms with Gasteiger partial charge in [-0.15, -0.1) is 0 Å². The highest BCUT2D eigenvalue weighted by molar-refractivity contribution is 5.81. The summed E-state index contributed by atoms with van der Waals surface area (Å²) in [6.07, 6.45) is 2.96. The van der Waals surface area contributed by atoms with Gasteiger partial charge in [0, 0.05) is 17.6 Å². The number of rotatable bonds is 9. The van der Waals surface area contributed by atoms with Gasteiger partial charge in [-0.2, -0.15) is 0 Å². The summed E-state index contributed by atoms with van der Waals surface area (Å²) in [5.74, 6) is -0.961. The molecule has 0 rings (SSSR count). The predicted molar refractivity (Wildman–Crippen MR) is 73.6 cm³/mol. The minimum absolute atomic E-state index is 0.177. The van der Waals surface area contributed by atoms with Gasteiger partial charge >= 0.3 is 11.9 Å². The van der Waals surface area contributed by atoms with Crippen molar-refractivity contribution in [2.45, 2.75) is 13.3 Å². The number of carbonyl (C=O) groups is 2. The maximum Gasteiger partial charge on any atom is 0.330 e. The zero-order chi connectivity index (χ0) is 14.9. The topological polar surface area (TPSA) is 55.8 Å². The van der Waals surface area contributed by atoms with Crippen LogP contribution in [0.25, 0.3) is 0 Å². The molecule has 0 aliphatic carbocycles. The molecule has 0 aliphatic heterocycles. The first kappa shape index (κ1) is 17.4. The van der Waals surface area contributed by atoms with Gasteiger partial charge in [-0.1, -0.05) is 20.1 Å². The molecule has 0 saturated heterocycles. The van der Waals surface area contributed by atoms with Crippen molar-refractivity contribution in [2.75, 3.05) is 33.9 Å². The zero-order valence-electron chi connectivity index (χ0n) is 12.0. The SMILES string of the molecule is C=CC(=O)OCC(C)(CCN(C)C)COC(=O)C=C. The van der Waals surface area contributed by atoms with E-state index in [1.165, 1.54) is 0 Å². The van der Waals surface area contributed by atoms with Crippen molar-refractivity contribution < 1.29 is 19.1 Å². The molecular weight excluding hydrogens is 246 g/mol. The maximum absolute atomic E-state index is 11.1. The van der Waals surface area contributed by atoms with Crippen molar-refractivity contribution in [1.29, 1.82) is 0 Å². The highest BCUT2D eigenvalue weighted by atomic mass is 16.5. The van der Waals surface area contributed by atoms with Crippen LogP contribution >= 0.6 is 0 Å². The van der Waals surface area contributed by atoms with Crippen molar-refractivity contribution in [2.24, 2.45) is 5.41 Å². The zero-order valence-corrected chi connectivity index (χ0v) is 12.0. The summed E-state index contributed by atoms with van der Waals surface area (Å²) in [4.78, 5) is 24.2. The number of hydrogen-bond donors (Lipinski definition) is 0. The Morgan fingerprint density at radius 3 is 1.84 bits per heavy atom. The van der Waals surface area contributed by atoms with Crippen molar-refractivity contribution in [1.82, 2.24) is 4.90 Å². The van der Waals surface area contributed by atoms with Gasteiger partial charge in [0.1, 0.15) is 13.2 Å². The smallest absolute Gasteiger partial charge is 0.330 e. The summed E-state index contributed by atoms with van der Waals surface area (Å²) in [7, 11) is 3.90. The average Bonchev–Trinajstić information content (AvgIpc) is 2.40. The van der Waals surface area contributed by atoms with Crippen LogP contribution in [-0.4, -0.2) is 50.7 Å². The Bertz CT molecular complexity index is 312. The molecule has 0 radical (unpaired) electrons. The lowest BCUT2D eigenvalue weighted by atomic mass is 9.88. The average molecular weight is 269 g/mol. The van der Waals surface area contributed by atoms with Crippen LogP contribution < -0.4 is 0 Å². The fourth-order valence-electron chi connectivity index (χ4n) is 1.29. The Labute approximate surface area is 114 Å². The standard InChI is InChI=1S/C14H23NO4/c1-6-12(16)18-10-14(3,8-9-15(4)5)11-19-13(17)7-2/h6-7H,1-2,8-11H2,3-5H3. The molecule has 0 spiro atoms. The van der Waals surface area contributed by atoms with E-state index >= 15 is 0 Å². The molecule has 19 heavy (non-hydrogen) atoms. The summed E-state index contributed by atoms with van der Waals surface area (Å²) in [5.41, 5.74) is -0.429. The van der Waals surface area contributed by atoms with Crippen LogP contribution in [0.15, 0.2) is 25.3 Å². The first-order valence-electron chi connectivity index (χ1n) is 6.06. The number of carbonyl (C=O) groups excluding carboxylic acids is 2. The lowest BCUT2D eigenvalue weighted by Gasteiger charge is -2.29. The molecule has 5 nitrogen and oxygen atoms in total. The summed E-state index contributed by atoms with van der Waals surface area (Å²) < 4.78 is 10.1. The Kier molecular flexibility index (Phi) is 7.75. The molecule has 0 N–H and O–H groups in total. The van der Waals surface area contributed by atoms with Gasteiger partial charge in [0.15, 0.2) is 0 Å². The van der Waals surface area contributed by atoms with Gasteiger partial charge in [0.2, 0.25) is 0 Å². The number of ether oxygens (including phenoxy) is 2. The third-order valence-corrected chi connectivity index (χ3v) is 2.62. The van der Waals surface area contributed by atoms with Crippen molar-refractivity contribution >= 4 is 11.9 Å². The molecule has 0 saturated carbocycles. The molecule has 5 heteroatoms. The Hall–Kier alpha value is -1.62. The largest absolute Gasteiger partial charge is 0.462 e. The monoisotopic (exact) mass is 269 g/mol. The Balaban J connectivity index is 4.50. The van der Waals surface area contributed by atoms with Gasteiger partial charge in [0.05, 0.1) is 0 Å². The van der Waals surface area contributed by atoms with E-state index in [1.807, 2.05) is 25.9 Å². The van der Waals surface area contributed by atoms with E-state index in [-0.39, 0.29) is 13.2 Å². The molecule has 0 fully saturated rings. The van der Waals surface area contributed by atoms with Crippen molar-refractivity contribution in [3.8, 4) is 0 Å². The highest BCUT2D eigenvalue weighted by Gasteiger charge is 2.28. The predicted octanol–water partition coefficient (Wildman–Crippen LogP) is 1.40. The Morgan fingerprint density at radius 2 is 1.53 bits per heavy atom. The van der Waals surface area contributed by atoms with E-state index in [0.717, 1.165) is 25.1 Å². The maximum atomic E-state index is 11.1. The molecule has 0 aromatic rings. The first-order chi connectivity index (χ1) is 8.83. The molecule has 0 aromatic heterocycles. The highest BCUT2D eigenvalue weighted by Crippen LogP contribution is 2.23. The van der Waals surface area contributed by atoms with Crippen LogP contribution in [-0.2, 0) is 19.1 Å². The number of esters is 2. The van der Waals surface area contributed by atoms with E-state index in [0.29, 0.717) is 0 Å². The molecule has 0 aliphatic rings. The number of nitrogens with zero attached hydrogens (tertiary/aromatic N) is 1. The summed E-state index contributed by atoms with van der Waals surface area (Å²) in [6, 6.07) is 0. The minimum Gasteiger partial charge on any atom is -0.462 e. The van der Waals surface area contributed by atoms with Crippen molar-refractivity contribution in [3.63, 3.8) is 0 Å². The molecule has 108 valence electrons. The van der Waals surface area contributed by atoms with Crippen LogP contribution in [0.4, 0.5) is 0 Å². The summed E-state index contributed by atoms with van der Waals surface area (Å²) >= 11 is 0. The Morgan fingerprint density at radius 1 is 1.11 bits per heavy atom. The van der Waals surface area contributed by atoms with Crippen LogP contribution in [0.3, 0.4) is 0 Å². The van der Waals surface area contributed by atoms with Gasteiger partial charge < -0.3 is 14.4 Å². The van der Waals surface area contributed by atoms with E-state index in [9.17, 15) is 9.59 Å². The van der Waals surface area contributed by atoms with E-state index < -0.39 is 17.4 Å². The van der Waals surface area contributed by atoms with Gasteiger partial charge in [-0.3, -0.25) is 0 Å². The molecule has 0 bridgehead atoms. The van der Waals surface area contributed by atoms with Crippen molar-refractivity contribution in [3.05, 3.63) is 25.3 Å². The first-order valence-corrected chi connectivity index (χ1v) is 6.06. The summed E-state index contributed by atoms with van der Waals surface area (Å²) in [6.45, 7) is 9.74. The van der Waals surface area contributed by atoms with Gasteiger partial charge in [-0.25, -0.2) is 9.59 Å². The molecule has 0 atom stereocenters. The molecule has 0 amide bonds.